The van der Waals surface area contributed by atoms with Gasteiger partial charge in [0, 0.05) is 17.6 Å². The Morgan fingerprint density at radius 3 is 2.88 bits per heavy atom. The Kier molecular flexibility index (Phi) is 3.72. The third-order valence-electron chi connectivity index (χ3n) is 3.11. The Labute approximate surface area is 110 Å². The molecule has 1 heterocycles. The summed E-state index contributed by atoms with van der Waals surface area (Å²) >= 11 is 3.37. The molecule has 0 aliphatic carbocycles. The zero-order chi connectivity index (χ0) is 12.4. The quantitative estimate of drug-likeness (QED) is 0.840. The van der Waals surface area contributed by atoms with Crippen molar-refractivity contribution in [1.29, 1.82) is 0 Å². The number of hydrogen-bond acceptors (Lipinski definition) is 2. The van der Waals surface area contributed by atoms with Crippen LogP contribution in [-0.2, 0) is 0 Å². The van der Waals surface area contributed by atoms with Gasteiger partial charge in [0.1, 0.15) is 5.75 Å². The summed E-state index contributed by atoms with van der Waals surface area (Å²) in [6, 6.07) is 5.51. The number of amides is 1. The molecule has 1 aliphatic heterocycles. The van der Waals surface area contributed by atoms with Crippen molar-refractivity contribution in [1.82, 2.24) is 4.90 Å². The Hall–Kier alpha value is -1.03. The molecule has 17 heavy (non-hydrogen) atoms. The number of ether oxygens (including phenoxy) is 1. The summed E-state index contributed by atoms with van der Waals surface area (Å²) in [6.45, 7) is 3.86. The van der Waals surface area contributed by atoms with E-state index in [1.165, 1.54) is 0 Å². The number of halogens is 1. The molecule has 1 unspecified atom stereocenters. The van der Waals surface area contributed by atoms with Crippen LogP contribution in [0.5, 0.6) is 5.75 Å². The van der Waals surface area contributed by atoms with Crippen molar-refractivity contribution in [2.45, 2.75) is 13.3 Å². The van der Waals surface area contributed by atoms with Gasteiger partial charge in [-0.1, -0.05) is 22.9 Å². The molecule has 1 atom stereocenters. The lowest BCUT2D eigenvalue weighted by Gasteiger charge is -2.17. The largest absolute Gasteiger partial charge is 0.496 e. The molecule has 1 saturated heterocycles. The normalized spacial score (nSPS) is 19.5. The summed E-state index contributed by atoms with van der Waals surface area (Å²) in [5.41, 5.74) is 0.643. The van der Waals surface area contributed by atoms with Crippen molar-refractivity contribution >= 4 is 21.8 Å². The molecule has 0 N–H and O–H groups in total. The highest BCUT2D eigenvalue weighted by Crippen LogP contribution is 2.26. The van der Waals surface area contributed by atoms with Crippen molar-refractivity contribution in [3.05, 3.63) is 28.2 Å². The molecule has 0 spiro atoms. The van der Waals surface area contributed by atoms with E-state index in [2.05, 4.69) is 22.9 Å². The van der Waals surface area contributed by atoms with Crippen LogP contribution < -0.4 is 4.74 Å². The number of nitrogens with zero attached hydrogens (tertiary/aromatic N) is 1. The highest BCUT2D eigenvalue weighted by atomic mass is 79.9. The minimum Gasteiger partial charge on any atom is -0.496 e. The first kappa shape index (κ1) is 12.4. The zero-order valence-electron chi connectivity index (χ0n) is 10.1. The fourth-order valence-corrected chi connectivity index (χ4v) is 2.47. The van der Waals surface area contributed by atoms with Gasteiger partial charge in [0.25, 0.3) is 5.91 Å². The van der Waals surface area contributed by atoms with E-state index in [1.807, 2.05) is 23.1 Å². The Balaban J connectivity index is 2.24. The lowest BCUT2D eigenvalue weighted by Crippen LogP contribution is -2.28. The van der Waals surface area contributed by atoms with Gasteiger partial charge < -0.3 is 9.64 Å². The topological polar surface area (TPSA) is 29.5 Å². The van der Waals surface area contributed by atoms with Crippen molar-refractivity contribution < 1.29 is 9.53 Å². The standard InChI is InChI=1S/C13H16BrNO2/c1-9-5-6-15(8-9)13(16)11-4-3-10(14)7-12(11)17-2/h3-4,7,9H,5-6,8H2,1-2H3. The highest BCUT2D eigenvalue weighted by Gasteiger charge is 2.26. The molecule has 2 rings (SSSR count). The van der Waals surface area contributed by atoms with E-state index < -0.39 is 0 Å². The van der Waals surface area contributed by atoms with Crippen molar-refractivity contribution in [2.75, 3.05) is 20.2 Å². The lowest BCUT2D eigenvalue weighted by atomic mass is 10.1. The van der Waals surface area contributed by atoms with Gasteiger partial charge in [-0.25, -0.2) is 0 Å². The van der Waals surface area contributed by atoms with Crippen molar-refractivity contribution in [3.63, 3.8) is 0 Å². The summed E-state index contributed by atoms with van der Waals surface area (Å²) in [6.07, 6.45) is 1.09. The smallest absolute Gasteiger partial charge is 0.257 e. The maximum atomic E-state index is 12.3. The Bertz CT molecular complexity index is 433. The number of methoxy groups -OCH3 is 1. The fourth-order valence-electron chi connectivity index (χ4n) is 2.13. The maximum absolute atomic E-state index is 12.3. The second-order valence-electron chi connectivity index (χ2n) is 4.49. The van der Waals surface area contributed by atoms with Gasteiger partial charge in [0.2, 0.25) is 0 Å². The monoisotopic (exact) mass is 297 g/mol. The molecule has 0 saturated carbocycles. The molecule has 92 valence electrons. The number of hydrogen-bond donors (Lipinski definition) is 0. The number of carbonyl (C=O) groups is 1. The van der Waals surface area contributed by atoms with Crippen LogP contribution in [0.3, 0.4) is 0 Å². The fraction of sp³-hybridized carbons (Fsp3) is 0.462. The van der Waals surface area contributed by atoms with Crippen LogP contribution in [-0.4, -0.2) is 31.0 Å². The van der Waals surface area contributed by atoms with E-state index in [4.69, 9.17) is 4.74 Å². The van der Waals surface area contributed by atoms with Crippen LogP contribution in [0.15, 0.2) is 22.7 Å². The summed E-state index contributed by atoms with van der Waals surface area (Å²) in [5.74, 6) is 1.29. The summed E-state index contributed by atoms with van der Waals surface area (Å²) in [7, 11) is 1.59. The molecule has 1 fully saturated rings. The summed E-state index contributed by atoms with van der Waals surface area (Å²) in [5, 5.41) is 0. The average Bonchev–Trinajstić information content (AvgIpc) is 2.75. The maximum Gasteiger partial charge on any atom is 0.257 e. The minimum absolute atomic E-state index is 0.0682. The third-order valence-corrected chi connectivity index (χ3v) is 3.60. The molecule has 4 heteroatoms. The van der Waals surface area contributed by atoms with Crippen LogP contribution in [0.4, 0.5) is 0 Å². The molecule has 3 nitrogen and oxygen atoms in total. The first-order valence-corrected chi connectivity index (χ1v) is 6.54. The molecule has 0 bridgehead atoms. The molecule has 0 radical (unpaired) electrons. The lowest BCUT2D eigenvalue weighted by molar-refractivity contribution is 0.0784. The van der Waals surface area contributed by atoms with Gasteiger partial charge in [0.05, 0.1) is 12.7 Å². The van der Waals surface area contributed by atoms with Crippen molar-refractivity contribution in [2.24, 2.45) is 5.92 Å². The summed E-state index contributed by atoms with van der Waals surface area (Å²) in [4.78, 5) is 14.2. The molecule has 1 amide bonds. The SMILES string of the molecule is COc1cc(Br)ccc1C(=O)N1CCC(C)C1. The minimum atomic E-state index is 0.0682. The van der Waals surface area contributed by atoms with Crippen LogP contribution >= 0.6 is 15.9 Å². The predicted molar refractivity (Wildman–Crippen MR) is 70.4 cm³/mol. The molecule has 1 aliphatic rings. The second kappa shape index (κ2) is 5.08. The first-order valence-electron chi connectivity index (χ1n) is 5.74. The number of likely N-dealkylation sites (tertiary alicyclic amines) is 1. The van der Waals surface area contributed by atoms with E-state index in [0.29, 0.717) is 17.2 Å². The Morgan fingerprint density at radius 1 is 1.53 bits per heavy atom. The van der Waals surface area contributed by atoms with E-state index in [0.717, 1.165) is 24.0 Å². The predicted octanol–water partition coefficient (Wildman–Crippen LogP) is 2.94. The first-order chi connectivity index (χ1) is 8.11. The Morgan fingerprint density at radius 2 is 2.29 bits per heavy atom. The van der Waals surface area contributed by atoms with E-state index in [9.17, 15) is 4.79 Å². The highest BCUT2D eigenvalue weighted by molar-refractivity contribution is 9.10. The molecule has 1 aromatic carbocycles. The van der Waals surface area contributed by atoms with E-state index >= 15 is 0 Å². The summed E-state index contributed by atoms with van der Waals surface area (Å²) < 4.78 is 6.17. The average molecular weight is 298 g/mol. The van der Waals surface area contributed by atoms with Crippen LogP contribution in [0.2, 0.25) is 0 Å². The van der Waals surface area contributed by atoms with Crippen LogP contribution in [0, 0.1) is 5.92 Å². The van der Waals surface area contributed by atoms with Gasteiger partial charge in [-0.05, 0) is 30.5 Å². The van der Waals surface area contributed by atoms with Gasteiger partial charge in [-0.3, -0.25) is 4.79 Å². The van der Waals surface area contributed by atoms with Gasteiger partial charge in [0.15, 0.2) is 0 Å². The molecular formula is C13H16BrNO2. The van der Waals surface area contributed by atoms with Gasteiger partial charge in [-0.15, -0.1) is 0 Å². The second-order valence-corrected chi connectivity index (χ2v) is 5.41. The zero-order valence-corrected chi connectivity index (χ0v) is 11.7. The molecule has 0 aromatic heterocycles. The third kappa shape index (κ3) is 2.63. The van der Waals surface area contributed by atoms with Gasteiger partial charge >= 0.3 is 0 Å². The van der Waals surface area contributed by atoms with Crippen LogP contribution in [0.25, 0.3) is 0 Å². The molecule has 1 aromatic rings. The number of rotatable bonds is 2. The van der Waals surface area contributed by atoms with E-state index in [1.54, 1.807) is 7.11 Å². The van der Waals surface area contributed by atoms with Crippen molar-refractivity contribution in [3.8, 4) is 5.75 Å². The van der Waals surface area contributed by atoms with Crippen LogP contribution in [0.1, 0.15) is 23.7 Å². The molecular weight excluding hydrogens is 282 g/mol. The van der Waals surface area contributed by atoms with E-state index in [-0.39, 0.29) is 5.91 Å². The van der Waals surface area contributed by atoms with Gasteiger partial charge in [-0.2, -0.15) is 0 Å². The number of benzene rings is 1. The number of carbonyl (C=O) groups excluding carboxylic acids is 1.